The molecule has 2 unspecified atom stereocenters. The lowest BCUT2D eigenvalue weighted by atomic mass is 10.1. The molecule has 1 heterocycles. The van der Waals surface area contributed by atoms with Crippen molar-refractivity contribution in [1.82, 2.24) is 10.3 Å². The van der Waals surface area contributed by atoms with Gasteiger partial charge in [-0.05, 0) is 13.3 Å². The summed E-state index contributed by atoms with van der Waals surface area (Å²) in [6.07, 6.45) is 1.82. The van der Waals surface area contributed by atoms with Crippen molar-refractivity contribution in [3.05, 3.63) is 0 Å². The van der Waals surface area contributed by atoms with Gasteiger partial charge in [-0.2, -0.15) is 0 Å². The topological polar surface area (TPSA) is 67.6 Å². The maximum Gasteiger partial charge on any atom is 0.251 e. The fourth-order valence-electron chi connectivity index (χ4n) is 2.02. The van der Waals surface area contributed by atoms with Crippen LogP contribution in [0.3, 0.4) is 0 Å². The maximum atomic E-state index is 11.6. The Morgan fingerprint density at radius 2 is 2.47 bits per heavy atom. The van der Waals surface area contributed by atoms with Crippen LogP contribution in [0, 0.1) is 0 Å². The number of carbonyl (C=O) groups is 1. The lowest BCUT2D eigenvalue weighted by Gasteiger charge is -2.38. The molecule has 1 fully saturated rings. The highest BCUT2D eigenvalue weighted by atomic mass is 16.5. The summed E-state index contributed by atoms with van der Waals surface area (Å²) in [5, 5.41) is 0. The second-order valence-electron chi connectivity index (χ2n) is 3.97. The second kappa shape index (κ2) is 6.05. The molecule has 0 bridgehead atoms. The summed E-state index contributed by atoms with van der Waals surface area (Å²) < 4.78 is 5.35. The summed E-state index contributed by atoms with van der Waals surface area (Å²) in [6.45, 7) is 6.34. The normalized spacial score (nSPS) is 24.9. The van der Waals surface area contributed by atoms with Crippen LogP contribution >= 0.6 is 0 Å². The van der Waals surface area contributed by atoms with Crippen LogP contribution in [0.15, 0.2) is 0 Å². The molecule has 5 nitrogen and oxygen atoms in total. The van der Waals surface area contributed by atoms with Crippen LogP contribution in [0.1, 0.15) is 26.7 Å². The average Bonchev–Trinajstić information content (AvgIpc) is 2.26. The van der Waals surface area contributed by atoms with Gasteiger partial charge in [-0.25, -0.2) is 5.84 Å². The minimum absolute atomic E-state index is 0.0920. The Kier molecular flexibility index (Phi) is 5.01. The van der Waals surface area contributed by atoms with Gasteiger partial charge in [-0.15, -0.1) is 0 Å². The molecule has 2 atom stereocenters. The maximum absolute atomic E-state index is 11.6. The van der Waals surface area contributed by atoms with Gasteiger partial charge < -0.3 is 4.74 Å². The summed E-state index contributed by atoms with van der Waals surface area (Å²) >= 11 is 0. The number of hydrazine groups is 1. The zero-order chi connectivity index (χ0) is 11.3. The predicted octanol–water partition coefficient (Wildman–Crippen LogP) is -0.134. The SMILES string of the molecule is CCCC(C(=O)NN)N1CCOCC1C. The zero-order valence-electron chi connectivity index (χ0n) is 9.53. The summed E-state index contributed by atoms with van der Waals surface area (Å²) in [5.41, 5.74) is 2.25. The predicted molar refractivity (Wildman–Crippen MR) is 58.0 cm³/mol. The third-order valence-electron chi connectivity index (χ3n) is 2.83. The van der Waals surface area contributed by atoms with E-state index in [4.69, 9.17) is 10.6 Å². The molecular weight excluding hydrogens is 194 g/mol. The molecule has 88 valence electrons. The highest BCUT2D eigenvalue weighted by Crippen LogP contribution is 2.14. The van der Waals surface area contributed by atoms with E-state index in [1.54, 1.807) is 0 Å². The van der Waals surface area contributed by atoms with Crippen LogP contribution in [-0.4, -0.2) is 42.6 Å². The number of nitrogens with two attached hydrogens (primary N) is 1. The molecule has 1 aliphatic rings. The van der Waals surface area contributed by atoms with Gasteiger partial charge in [0, 0.05) is 12.6 Å². The Morgan fingerprint density at radius 1 is 1.73 bits per heavy atom. The van der Waals surface area contributed by atoms with Crippen molar-refractivity contribution in [2.45, 2.75) is 38.8 Å². The van der Waals surface area contributed by atoms with Gasteiger partial charge >= 0.3 is 0 Å². The summed E-state index contributed by atoms with van der Waals surface area (Å²) in [5.74, 6) is 5.11. The van der Waals surface area contributed by atoms with Crippen molar-refractivity contribution in [3.8, 4) is 0 Å². The number of amides is 1. The van der Waals surface area contributed by atoms with Crippen LogP contribution in [0.5, 0.6) is 0 Å². The van der Waals surface area contributed by atoms with E-state index >= 15 is 0 Å². The fraction of sp³-hybridized carbons (Fsp3) is 0.900. The number of nitrogens with one attached hydrogen (secondary N) is 1. The summed E-state index contributed by atoms with van der Waals surface area (Å²) in [7, 11) is 0. The minimum Gasteiger partial charge on any atom is -0.379 e. The van der Waals surface area contributed by atoms with Crippen molar-refractivity contribution in [1.29, 1.82) is 0 Å². The number of hydrogen-bond acceptors (Lipinski definition) is 4. The Morgan fingerprint density at radius 3 is 3.00 bits per heavy atom. The first-order valence-corrected chi connectivity index (χ1v) is 5.54. The number of hydrogen-bond donors (Lipinski definition) is 2. The van der Waals surface area contributed by atoms with Gasteiger partial charge in [-0.1, -0.05) is 13.3 Å². The molecular formula is C10H21N3O2. The molecule has 15 heavy (non-hydrogen) atoms. The van der Waals surface area contributed by atoms with E-state index in [0.29, 0.717) is 13.2 Å². The number of rotatable bonds is 4. The van der Waals surface area contributed by atoms with Crippen LogP contribution < -0.4 is 11.3 Å². The molecule has 0 spiro atoms. The highest BCUT2D eigenvalue weighted by Gasteiger charge is 2.30. The first-order chi connectivity index (χ1) is 7.20. The van der Waals surface area contributed by atoms with Gasteiger partial charge in [-0.3, -0.25) is 15.1 Å². The molecule has 3 N–H and O–H groups in total. The third-order valence-corrected chi connectivity index (χ3v) is 2.83. The average molecular weight is 215 g/mol. The van der Waals surface area contributed by atoms with Gasteiger partial charge in [0.2, 0.25) is 0 Å². The van der Waals surface area contributed by atoms with Gasteiger partial charge in [0.05, 0.1) is 19.3 Å². The highest BCUT2D eigenvalue weighted by molar-refractivity contribution is 5.81. The van der Waals surface area contributed by atoms with Gasteiger partial charge in [0.15, 0.2) is 0 Å². The Balaban J connectivity index is 2.64. The third kappa shape index (κ3) is 3.15. The number of morpholine rings is 1. The summed E-state index contributed by atoms with van der Waals surface area (Å²) in [4.78, 5) is 13.8. The van der Waals surface area contributed by atoms with E-state index in [1.165, 1.54) is 0 Å². The molecule has 1 saturated heterocycles. The molecule has 1 rings (SSSR count). The van der Waals surface area contributed by atoms with Crippen molar-refractivity contribution in [3.63, 3.8) is 0 Å². The van der Waals surface area contributed by atoms with Gasteiger partial charge in [0.25, 0.3) is 5.91 Å². The lowest BCUT2D eigenvalue weighted by Crippen LogP contribution is -2.56. The molecule has 0 aromatic rings. The first-order valence-electron chi connectivity index (χ1n) is 5.54. The van der Waals surface area contributed by atoms with Crippen molar-refractivity contribution >= 4 is 5.91 Å². The standard InChI is InChI=1S/C10H21N3O2/c1-3-4-9(10(14)12-11)13-5-6-15-7-8(13)2/h8-9H,3-7,11H2,1-2H3,(H,12,14). The molecule has 0 saturated carbocycles. The number of nitrogens with zero attached hydrogens (tertiary/aromatic N) is 1. The van der Waals surface area contributed by atoms with Crippen LogP contribution in [0.2, 0.25) is 0 Å². The van der Waals surface area contributed by atoms with E-state index in [1.807, 2.05) is 0 Å². The van der Waals surface area contributed by atoms with Crippen molar-refractivity contribution in [2.24, 2.45) is 5.84 Å². The molecule has 0 aromatic carbocycles. The molecule has 0 aliphatic carbocycles. The lowest BCUT2D eigenvalue weighted by molar-refractivity contribution is -0.130. The Bertz CT molecular complexity index is 211. The van der Waals surface area contributed by atoms with Crippen LogP contribution in [0.25, 0.3) is 0 Å². The molecule has 1 amide bonds. The molecule has 5 heteroatoms. The van der Waals surface area contributed by atoms with Crippen molar-refractivity contribution in [2.75, 3.05) is 19.8 Å². The molecule has 0 aromatic heterocycles. The van der Waals surface area contributed by atoms with E-state index in [0.717, 1.165) is 19.4 Å². The number of ether oxygens (including phenoxy) is 1. The van der Waals surface area contributed by atoms with Crippen LogP contribution in [-0.2, 0) is 9.53 Å². The van der Waals surface area contributed by atoms with Crippen molar-refractivity contribution < 1.29 is 9.53 Å². The minimum atomic E-state index is -0.112. The first kappa shape index (κ1) is 12.4. The zero-order valence-corrected chi connectivity index (χ0v) is 9.53. The van der Waals surface area contributed by atoms with E-state index in [2.05, 4.69) is 24.2 Å². The fourth-order valence-corrected chi connectivity index (χ4v) is 2.02. The van der Waals surface area contributed by atoms with Crippen LogP contribution in [0.4, 0.5) is 0 Å². The Labute approximate surface area is 90.9 Å². The Hall–Kier alpha value is -0.650. The van der Waals surface area contributed by atoms with E-state index < -0.39 is 0 Å². The quantitative estimate of drug-likeness (QED) is 0.389. The molecule has 0 radical (unpaired) electrons. The monoisotopic (exact) mass is 215 g/mol. The van der Waals surface area contributed by atoms with Gasteiger partial charge in [0.1, 0.15) is 0 Å². The van der Waals surface area contributed by atoms with E-state index in [-0.39, 0.29) is 18.0 Å². The van der Waals surface area contributed by atoms with E-state index in [9.17, 15) is 4.79 Å². The smallest absolute Gasteiger partial charge is 0.251 e. The molecule has 1 aliphatic heterocycles. The largest absolute Gasteiger partial charge is 0.379 e. The summed E-state index contributed by atoms with van der Waals surface area (Å²) in [6, 6.07) is 0.173. The second-order valence-corrected chi connectivity index (χ2v) is 3.97. The number of carbonyl (C=O) groups excluding carboxylic acids is 1.